The van der Waals surface area contributed by atoms with Crippen LogP contribution in [0.25, 0.3) is 11.1 Å². The maximum absolute atomic E-state index is 10.9. The molecule has 0 fully saturated rings. The number of para-hydroxylation sites is 1. The Kier molecular flexibility index (Phi) is 3.04. The number of imidazole rings is 1. The minimum atomic E-state index is -0.473. The lowest BCUT2D eigenvalue weighted by molar-refractivity contribution is -0.383. The fraction of sp³-hybridized carbons (Fsp3) is 0.167. The van der Waals surface area contributed by atoms with E-state index in [1.54, 1.807) is 24.7 Å². The van der Waals surface area contributed by atoms with E-state index in [1.807, 2.05) is 0 Å². The number of anilines is 1. The molecular formula is C12H11N5O3. The van der Waals surface area contributed by atoms with Crippen LogP contribution in [0.15, 0.2) is 35.1 Å². The second-order valence-corrected chi connectivity index (χ2v) is 4.15. The smallest absolute Gasteiger partial charge is 0.298 e. The molecular weight excluding hydrogens is 262 g/mol. The first-order chi connectivity index (χ1) is 9.74. The predicted molar refractivity (Wildman–Crippen MR) is 71.4 cm³/mol. The summed E-state index contributed by atoms with van der Waals surface area (Å²) >= 11 is 0. The number of aromatic amines is 1. The molecule has 0 amide bonds. The van der Waals surface area contributed by atoms with Crippen LogP contribution in [0.5, 0.6) is 0 Å². The van der Waals surface area contributed by atoms with E-state index in [4.69, 9.17) is 4.42 Å². The average molecular weight is 273 g/mol. The lowest BCUT2D eigenvalue weighted by atomic mass is 10.3. The van der Waals surface area contributed by atoms with Gasteiger partial charge in [-0.25, -0.2) is 4.98 Å². The molecule has 0 saturated heterocycles. The van der Waals surface area contributed by atoms with Gasteiger partial charge in [0.15, 0.2) is 11.1 Å². The van der Waals surface area contributed by atoms with Gasteiger partial charge in [0.1, 0.15) is 0 Å². The number of nitrogens with zero attached hydrogens (tertiary/aromatic N) is 3. The summed E-state index contributed by atoms with van der Waals surface area (Å²) in [5.74, 6) is 0. The Morgan fingerprint density at radius 2 is 2.35 bits per heavy atom. The van der Waals surface area contributed by atoms with Crippen LogP contribution in [0.4, 0.5) is 11.7 Å². The van der Waals surface area contributed by atoms with Gasteiger partial charge in [0.05, 0.1) is 11.3 Å². The third kappa shape index (κ3) is 2.30. The minimum absolute atomic E-state index is 0.0622. The molecule has 0 radical (unpaired) electrons. The molecule has 0 spiro atoms. The van der Waals surface area contributed by atoms with Gasteiger partial charge in [-0.1, -0.05) is 6.07 Å². The van der Waals surface area contributed by atoms with E-state index in [-0.39, 0.29) is 17.2 Å². The van der Waals surface area contributed by atoms with Crippen molar-refractivity contribution < 1.29 is 9.34 Å². The van der Waals surface area contributed by atoms with Crippen molar-refractivity contribution in [3.05, 3.63) is 46.5 Å². The Morgan fingerprint density at radius 3 is 3.10 bits per heavy atom. The van der Waals surface area contributed by atoms with E-state index < -0.39 is 4.92 Å². The topological polar surface area (TPSA) is 110 Å². The summed E-state index contributed by atoms with van der Waals surface area (Å²) in [5.41, 5.74) is 1.57. The van der Waals surface area contributed by atoms with Gasteiger partial charge in [0.2, 0.25) is 0 Å². The van der Waals surface area contributed by atoms with Gasteiger partial charge in [-0.05, 0) is 6.07 Å². The zero-order chi connectivity index (χ0) is 13.9. The van der Waals surface area contributed by atoms with E-state index in [1.165, 1.54) is 6.07 Å². The normalized spacial score (nSPS) is 10.8. The highest BCUT2D eigenvalue weighted by molar-refractivity contribution is 5.83. The van der Waals surface area contributed by atoms with Crippen molar-refractivity contribution in [2.24, 2.45) is 0 Å². The summed E-state index contributed by atoms with van der Waals surface area (Å²) in [5, 5.41) is 13.9. The third-order valence-corrected chi connectivity index (χ3v) is 2.82. The Balaban J connectivity index is 1.76. The van der Waals surface area contributed by atoms with Crippen LogP contribution in [0.3, 0.4) is 0 Å². The zero-order valence-electron chi connectivity index (χ0n) is 10.4. The van der Waals surface area contributed by atoms with Crippen LogP contribution in [-0.2, 0) is 6.42 Å². The monoisotopic (exact) mass is 273 g/mol. The standard InChI is InChI=1S/C12H11N5O3/c18-17(19)9-2-1-3-10-11(9)16-12(20-10)14-5-4-8-6-13-7-15-8/h1-3,6-7H,4-5H2,(H,13,15)(H,14,16). The number of hydrogen-bond donors (Lipinski definition) is 2. The lowest BCUT2D eigenvalue weighted by Crippen LogP contribution is -2.05. The Hall–Kier alpha value is -2.90. The number of benzene rings is 1. The maximum Gasteiger partial charge on any atom is 0.298 e. The van der Waals surface area contributed by atoms with E-state index in [0.717, 1.165) is 12.1 Å². The summed E-state index contributed by atoms with van der Waals surface area (Å²) in [6, 6.07) is 4.89. The molecule has 0 atom stereocenters. The fourth-order valence-corrected chi connectivity index (χ4v) is 1.88. The van der Waals surface area contributed by atoms with Crippen molar-refractivity contribution in [1.82, 2.24) is 15.0 Å². The highest BCUT2D eigenvalue weighted by Gasteiger charge is 2.17. The molecule has 0 aliphatic heterocycles. The molecule has 2 N–H and O–H groups in total. The molecule has 2 aromatic heterocycles. The molecule has 0 unspecified atom stereocenters. The zero-order valence-corrected chi connectivity index (χ0v) is 10.4. The van der Waals surface area contributed by atoms with Crippen LogP contribution in [0, 0.1) is 10.1 Å². The number of hydrogen-bond acceptors (Lipinski definition) is 6. The number of fused-ring (bicyclic) bond motifs is 1. The van der Waals surface area contributed by atoms with Crippen molar-refractivity contribution in [3.8, 4) is 0 Å². The summed E-state index contributed by atoms with van der Waals surface area (Å²) < 4.78 is 5.43. The van der Waals surface area contributed by atoms with E-state index >= 15 is 0 Å². The van der Waals surface area contributed by atoms with Crippen molar-refractivity contribution in [3.63, 3.8) is 0 Å². The number of non-ortho nitro benzene ring substituents is 1. The third-order valence-electron chi connectivity index (χ3n) is 2.82. The highest BCUT2D eigenvalue weighted by Crippen LogP contribution is 2.27. The molecule has 3 aromatic rings. The lowest BCUT2D eigenvalue weighted by Gasteiger charge is -1.98. The molecule has 0 saturated carbocycles. The molecule has 0 aliphatic carbocycles. The minimum Gasteiger partial charge on any atom is -0.423 e. The van der Waals surface area contributed by atoms with Crippen molar-refractivity contribution >= 4 is 22.8 Å². The summed E-state index contributed by atoms with van der Waals surface area (Å²) in [4.78, 5) is 21.4. The van der Waals surface area contributed by atoms with Crippen LogP contribution in [-0.4, -0.2) is 26.4 Å². The van der Waals surface area contributed by atoms with Gasteiger partial charge >= 0.3 is 0 Å². The van der Waals surface area contributed by atoms with E-state index in [9.17, 15) is 10.1 Å². The van der Waals surface area contributed by atoms with Crippen LogP contribution < -0.4 is 5.32 Å². The molecule has 1 aromatic carbocycles. The first-order valence-corrected chi connectivity index (χ1v) is 5.99. The summed E-state index contributed by atoms with van der Waals surface area (Å²) in [7, 11) is 0. The Morgan fingerprint density at radius 1 is 1.45 bits per heavy atom. The molecule has 8 nitrogen and oxygen atoms in total. The first-order valence-electron chi connectivity index (χ1n) is 5.99. The number of H-pyrrole nitrogens is 1. The number of nitro benzene ring substituents is 1. The maximum atomic E-state index is 10.9. The number of rotatable bonds is 5. The summed E-state index contributed by atoms with van der Waals surface area (Å²) in [6.07, 6.45) is 4.07. The first kappa shape index (κ1) is 12.2. The second-order valence-electron chi connectivity index (χ2n) is 4.15. The number of aromatic nitrogens is 3. The van der Waals surface area contributed by atoms with Gasteiger partial charge in [-0.3, -0.25) is 10.1 Å². The fourth-order valence-electron chi connectivity index (χ4n) is 1.88. The number of nitrogens with one attached hydrogen (secondary N) is 2. The van der Waals surface area contributed by atoms with E-state index in [0.29, 0.717) is 12.1 Å². The van der Waals surface area contributed by atoms with Gasteiger partial charge in [-0.15, -0.1) is 0 Å². The van der Waals surface area contributed by atoms with Crippen molar-refractivity contribution in [1.29, 1.82) is 0 Å². The number of nitro groups is 1. The van der Waals surface area contributed by atoms with Crippen molar-refractivity contribution in [2.75, 3.05) is 11.9 Å². The summed E-state index contributed by atoms with van der Waals surface area (Å²) in [6.45, 7) is 0.586. The van der Waals surface area contributed by atoms with Gasteiger partial charge in [-0.2, -0.15) is 4.98 Å². The molecule has 102 valence electrons. The largest absolute Gasteiger partial charge is 0.423 e. The number of oxazole rings is 1. The predicted octanol–water partition coefficient (Wildman–Crippen LogP) is 2.11. The molecule has 2 heterocycles. The van der Waals surface area contributed by atoms with E-state index in [2.05, 4.69) is 20.3 Å². The van der Waals surface area contributed by atoms with Crippen LogP contribution >= 0.6 is 0 Å². The SMILES string of the molecule is O=[N+]([O-])c1cccc2oc(NCCc3cnc[nH]3)nc12. The van der Waals surface area contributed by atoms with Gasteiger partial charge < -0.3 is 14.7 Å². The molecule has 3 rings (SSSR count). The molecule has 20 heavy (non-hydrogen) atoms. The van der Waals surface area contributed by atoms with Crippen LogP contribution in [0.2, 0.25) is 0 Å². The molecule has 0 aliphatic rings. The Bertz CT molecular complexity index is 735. The Labute approximate surface area is 113 Å². The molecule has 8 heteroatoms. The highest BCUT2D eigenvalue weighted by atomic mass is 16.6. The average Bonchev–Trinajstić information content (AvgIpc) is 3.06. The second kappa shape index (κ2) is 5.00. The quantitative estimate of drug-likeness (QED) is 0.544. The van der Waals surface area contributed by atoms with Gasteiger partial charge in [0.25, 0.3) is 11.7 Å². The van der Waals surface area contributed by atoms with Crippen molar-refractivity contribution in [2.45, 2.75) is 6.42 Å². The van der Waals surface area contributed by atoms with Crippen LogP contribution in [0.1, 0.15) is 5.69 Å². The molecule has 0 bridgehead atoms. The van der Waals surface area contributed by atoms with Gasteiger partial charge in [0, 0.05) is 30.9 Å².